The number of anilines is 3. The summed E-state index contributed by atoms with van der Waals surface area (Å²) in [5, 5.41) is 19.6. The molecule has 0 aliphatic heterocycles. The van der Waals surface area contributed by atoms with Crippen LogP contribution in [0.1, 0.15) is 26.3 Å². The van der Waals surface area contributed by atoms with E-state index >= 15 is 0 Å². The van der Waals surface area contributed by atoms with Gasteiger partial charge in [0.1, 0.15) is 11.3 Å². The van der Waals surface area contributed by atoms with Crippen molar-refractivity contribution in [3.05, 3.63) is 57.7 Å². The Labute approximate surface area is 177 Å². The predicted molar refractivity (Wildman–Crippen MR) is 116 cm³/mol. The average Bonchev–Trinajstić information content (AvgIpc) is 3.11. The molecule has 0 bridgehead atoms. The third kappa shape index (κ3) is 5.29. The molecule has 0 radical (unpaired) electrons. The fraction of sp³-hybridized carbons (Fsp3) is 0.250. The van der Waals surface area contributed by atoms with Crippen LogP contribution in [0.3, 0.4) is 0 Å². The van der Waals surface area contributed by atoms with Crippen LogP contribution < -0.4 is 10.6 Å². The minimum Gasteiger partial charge on any atom is -0.444 e. The second-order valence-electron chi connectivity index (χ2n) is 7.47. The lowest BCUT2D eigenvalue weighted by Crippen LogP contribution is -2.27. The summed E-state index contributed by atoms with van der Waals surface area (Å²) in [5.41, 5.74) is 2.02. The minimum atomic E-state index is -0.757. The van der Waals surface area contributed by atoms with Crippen LogP contribution in [0.5, 0.6) is 0 Å². The number of hydrogen-bond donors (Lipinski definition) is 2. The van der Waals surface area contributed by atoms with Crippen LogP contribution in [0.25, 0.3) is 11.3 Å². The third-order valence-electron chi connectivity index (χ3n) is 3.90. The van der Waals surface area contributed by atoms with Crippen LogP contribution in [0.4, 0.5) is 27.0 Å². The van der Waals surface area contributed by atoms with Crippen LogP contribution in [0.15, 0.2) is 42.0 Å². The second-order valence-corrected chi connectivity index (χ2v) is 8.33. The quantitative estimate of drug-likeness (QED) is 0.407. The molecule has 2 aromatic heterocycles. The molecule has 156 valence electrons. The molecular formula is C20H21N5O4S. The molecule has 0 aliphatic carbocycles. The molecule has 10 heteroatoms. The maximum Gasteiger partial charge on any atom is 0.412 e. The van der Waals surface area contributed by atoms with Gasteiger partial charge in [-0.05, 0) is 51.5 Å². The molecule has 1 amide bonds. The minimum absolute atomic E-state index is 0.0638. The number of aromatic nitrogens is 2. The molecule has 0 atom stereocenters. The first-order valence-corrected chi connectivity index (χ1v) is 9.92. The molecule has 3 rings (SSSR count). The summed E-state index contributed by atoms with van der Waals surface area (Å²) >= 11 is 1.38. The van der Waals surface area contributed by atoms with Crippen LogP contribution in [-0.2, 0) is 4.74 Å². The Hall–Kier alpha value is -3.53. The highest BCUT2D eigenvalue weighted by atomic mass is 32.1. The average molecular weight is 427 g/mol. The van der Waals surface area contributed by atoms with Crippen molar-refractivity contribution < 1.29 is 14.5 Å². The molecule has 30 heavy (non-hydrogen) atoms. The summed E-state index contributed by atoms with van der Waals surface area (Å²) in [6.45, 7) is 6.93. The van der Waals surface area contributed by atoms with Crippen LogP contribution in [0, 0.1) is 17.0 Å². The molecule has 0 unspecified atom stereocenters. The molecule has 0 aliphatic rings. The van der Waals surface area contributed by atoms with E-state index in [2.05, 4.69) is 20.6 Å². The van der Waals surface area contributed by atoms with E-state index in [1.54, 1.807) is 40.1 Å². The Balaban J connectivity index is 1.84. The number of carbonyl (C=O) groups excluding carboxylic acids is 1. The van der Waals surface area contributed by atoms with Crippen molar-refractivity contribution in [2.75, 3.05) is 10.6 Å². The second kappa shape index (κ2) is 8.46. The van der Waals surface area contributed by atoms with Gasteiger partial charge < -0.3 is 10.1 Å². The molecule has 0 saturated carbocycles. The zero-order chi connectivity index (χ0) is 21.9. The highest BCUT2D eigenvalue weighted by molar-refractivity contribution is 7.14. The Morgan fingerprint density at radius 2 is 1.90 bits per heavy atom. The van der Waals surface area contributed by atoms with Crippen LogP contribution in [-0.4, -0.2) is 26.6 Å². The molecule has 2 heterocycles. The molecule has 9 nitrogen and oxygen atoms in total. The number of benzene rings is 1. The zero-order valence-corrected chi connectivity index (χ0v) is 17.7. The van der Waals surface area contributed by atoms with E-state index in [4.69, 9.17) is 4.74 Å². The predicted octanol–water partition coefficient (Wildman–Crippen LogP) is 5.51. The number of nitro groups is 1. The van der Waals surface area contributed by atoms with Crippen molar-refractivity contribution in [2.24, 2.45) is 0 Å². The van der Waals surface area contributed by atoms with Gasteiger partial charge in [-0.2, -0.15) is 0 Å². The van der Waals surface area contributed by atoms with Crippen molar-refractivity contribution in [2.45, 2.75) is 33.3 Å². The fourth-order valence-electron chi connectivity index (χ4n) is 2.60. The first-order valence-electron chi connectivity index (χ1n) is 9.04. The molecule has 1 aromatic carbocycles. The number of nitrogens with zero attached hydrogens (tertiary/aromatic N) is 3. The fourth-order valence-corrected chi connectivity index (χ4v) is 3.33. The monoisotopic (exact) mass is 427 g/mol. The van der Waals surface area contributed by atoms with Gasteiger partial charge >= 0.3 is 6.09 Å². The number of nitro benzene ring substituents is 1. The summed E-state index contributed by atoms with van der Waals surface area (Å²) in [6, 6.07) is 6.61. The number of amides is 1. The van der Waals surface area contributed by atoms with Gasteiger partial charge in [0, 0.05) is 29.4 Å². The first kappa shape index (κ1) is 21.2. The molecule has 0 spiro atoms. The number of rotatable bonds is 5. The number of thiazole rings is 1. The van der Waals surface area contributed by atoms with Crippen molar-refractivity contribution in [1.29, 1.82) is 0 Å². The van der Waals surface area contributed by atoms with E-state index in [0.717, 1.165) is 11.3 Å². The largest absolute Gasteiger partial charge is 0.444 e. The highest BCUT2D eigenvalue weighted by Crippen LogP contribution is 2.34. The van der Waals surface area contributed by atoms with E-state index < -0.39 is 16.6 Å². The van der Waals surface area contributed by atoms with Crippen LogP contribution >= 0.6 is 11.3 Å². The van der Waals surface area contributed by atoms with Gasteiger partial charge in [0.25, 0.3) is 5.69 Å². The summed E-state index contributed by atoms with van der Waals surface area (Å²) in [7, 11) is 0. The first-order chi connectivity index (χ1) is 14.1. The lowest BCUT2D eigenvalue weighted by Gasteiger charge is -2.20. The number of aryl methyl sites for hydroxylation is 1. The van der Waals surface area contributed by atoms with Crippen molar-refractivity contribution in [3.63, 3.8) is 0 Å². The summed E-state index contributed by atoms with van der Waals surface area (Å²) in [4.78, 5) is 31.6. The number of hydrogen-bond acceptors (Lipinski definition) is 8. The number of pyridine rings is 1. The SMILES string of the molecule is Cc1cc(NC(=O)OC(C)(C)C)c([N+](=O)[O-])cc1Nc1nc(-c2ccncc2)cs1. The lowest BCUT2D eigenvalue weighted by atomic mass is 10.1. The highest BCUT2D eigenvalue weighted by Gasteiger charge is 2.22. The molecular weight excluding hydrogens is 406 g/mol. The molecule has 2 N–H and O–H groups in total. The summed E-state index contributed by atoms with van der Waals surface area (Å²) < 4.78 is 5.19. The Bertz CT molecular complexity index is 1080. The molecule has 0 saturated heterocycles. The van der Waals surface area contributed by atoms with E-state index in [1.807, 2.05) is 17.5 Å². The lowest BCUT2D eigenvalue weighted by molar-refractivity contribution is -0.383. The molecule has 3 aromatic rings. The number of carbonyl (C=O) groups is 1. The van der Waals surface area contributed by atoms with E-state index in [0.29, 0.717) is 16.4 Å². The number of ether oxygens (including phenoxy) is 1. The van der Waals surface area contributed by atoms with E-state index in [-0.39, 0.29) is 11.4 Å². The standard InChI is InChI=1S/C20H21N5O4S/c1-12-9-15(24-19(26)29-20(2,3)4)17(25(27)28)10-14(12)22-18-23-16(11-30-18)13-5-7-21-8-6-13/h5-11H,1-4H3,(H,22,23)(H,24,26). The zero-order valence-electron chi connectivity index (χ0n) is 16.9. The Morgan fingerprint density at radius 3 is 2.53 bits per heavy atom. The third-order valence-corrected chi connectivity index (χ3v) is 4.65. The normalized spacial score (nSPS) is 11.1. The van der Waals surface area contributed by atoms with Crippen molar-refractivity contribution >= 4 is 39.6 Å². The van der Waals surface area contributed by atoms with Crippen molar-refractivity contribution in [1.82, 2.24) is 9.97 Å². The number of nitrogens with one attached hydrogen (secondary N) is 2. The maximum atomic E-state index is 12.0. The maximum absolute atomic E-state index is 12.0. The van der Waals surface area contributed by atoms with Gasteiger partial charge in [0.15, 0.2) is 5.13 Å². The Morgan fingerprint density at radius 1 is 1.20 bits per heavy atom. The van der Waals surface area contributed by atoms with Gasteiger partial charge in [-0.15, -0.1) is 11.3 Å². The van der Waals surface area contributed by atoms with Crippen LogP contribution in [0.2, 0.25) is 0 Å². The van der Waals surface area contributed by atoms with E-state index in [9.17, 15) is 14.9 Å². The summed E-state index contributed by atoms with van der Waals surface area (Å²) in [5.74, 6) is 0. The van der Waals surface area contributed by atoms with Gasteiger partial charge in [-0.1, -0.05) is 0 Å². The summed E-state index contributed by atoms with van der Waals surface area (Å²) in [6.07, 6.45) is 2.62. The van der Waals surface area contributed by atoms with Gasteiger partial charge in [0.2, 0.25) is 0 Å². The van der Waals surface area contributed by atoms with E-state index in [1.165, 1.54) is 23.5 Å². The van der Waals surface area contributed by atoms with Gasteiger partial charge in [-0.25, -0.2) is 9.78 Å². The van der Waals surface area contributed by atoms with Crippen molar-refractivity contribution in [3.8, 4) is 11.3 Å². The van der Waals surface area contributed by atoms with Gasteiger partial charge in [-0.3, -0.25) is 20.4 Å². The van der Waals surface area contributed by atoms with Gasteiger partial charge in [0.05, 0.1) is 16.3 Å². The smallest absolute Gasteiger partial charge is 0.412 e. The Kier molecular flexibility index (Phi) is 5.97. The molecule has 0 fully saturated rings. The topological polar surface area (TPSA) is 119 Å².